The second-order valence-corrected chi connectivity index (χ2v) is 11.1. The Balaban J connectivity index is 1.50. The van der Waals surface area contributed by atoms with Crippen molar-refractivity contribution in [3.63, 3.8) is 0 Å². The van der Waals surface area contributed by atoms with E-state index in [1.807, 2.05) is 53.4 Å². The summed E-state index contributed by atoms with van der Waals surface area (Å²) in [7, 11) is 1.50. The smallest absolute Gasteiger partial charge is 0.232 e. The zero-order chi connectivity index (χ0) is 27.7. The Labute approximate surface area is 235 Å². The highest BCUT2D eigenvalue weighted by molar-refractivity contribution is 6.30. The van der Waals surface area contributed by atoms with Gasteiger partial charge < -0.3 is 19.6 Å². The van der Waals surface area contributed by atoms with Crippen LogP contribution in [0.4, 0.5) is 5.69 Å². The number of rotatable bonds is 7. The van der Waals surface area contributed by atoms with Gasteiger partial charge in [-0.15, -0.1) is 0 Å². The lowest BCUT2D eigenvalue weighted by Gasteiger charge is -2.38. The van der Waals surface area contributed by atoms with Crippen molar-refractivity contribution in [1.82, 2.24) is 4.90 Å². The first-order valence-corrected chi connectivity index (χ1v) is 14.0. The number of aromatic hydroxyl groups is 1. The Bertz CT molecular complexity index is 1350. The highest BCUT2D eigenvalue weighted by atomic mass is 35.5. The van der Waals surface area contributed by atoms with E-state index in [9.17, 15) is 14.7 Å². The summed E-state index contributed by atoms with van der Waals surface area (Å²) in [5, 5.41) is 11.2. The molecule has 3 aromatic rings. The van der Waals surface area contributed by atoms with Gasteiger partial charge in [0.2, 0.25) is 11.8 Å². The Morgan fingerprint density at radius 3 is 2.38 bits per heavy atom. The summed E-state index contributed by atoms with van der Waals surface area (Å²) < 4.78 is 5.31. The SMILES string of the molecule is COc1cc2c(cc1O)C(c1ccc(Cl)cc1)N(c1ccc(C(C)N(CC3CCCC3)C(C)=O)cc1)C(=O)C2. The molecule has 2 unspecified atom stereocenters. The number of hydrogen-bond acceptors (Lipinski definition) is 4. The molecule has 1 N–H and O–H groups in total. The van der Waals surface area contributed by atoms with E-state index in [0.717, 1.165) is 34.5 Å². The van der Waals surface area contributed by atoms with E-state index in [4.69, 9.17) is 16.3 Å². The minimum Gasteiger partial charge on any atom is -0.504 e. The molecule has 0 spiro atoms. The predicted molar refractivity (Wildman–Crippen MR) is 153 cm³/mol. The minimum atomic E-state index is -0.449. The van der Waals surface area contributed by atoms with Crippen LogP contribution in [0, 0.1) is 5.92 Å². The van der Waals surface area contributed by atoms with Crippen LogP contribution in [0.15, 0.2) is 60.7 Å². The quantitative estimate of drug-likeness (QED) is 0.352. The first-order chi connectivity index (χ1) is 18.8. The summed E-state index contributed by atoms with van der Waals surface area (Å²) in [6.45, 7) is 4.50. The fraction of sp³-hybridized carbons (Fsp3) is 0.375. The molecule has 204 valence electrons. The Hall–Kier alpha value is -3.51. The number of methoxy groups -OCH3 is 1. The van der Waals surface area contributed by atoms with Gasteiger partial charge in [-0.1, -0.05) is 48.7 Å². The largest absolute Gasteiger partial charge is 0.504 e. The monoisotopic (exact) mass is 546 g/mol. The number of carbonyl (C=O) groups is 2. The lowest BCUT2D eigenvalue weighted by atomic mass is 9.86. The fourth-order valence-corrected chi connectivity index (χ4v) is 6.25. The van der Waals surface area contributed by atoms with Gasteiger partial charge in [0.15, 0.2) is 11.5 Å². The maximum absolute atomic E-state index is 13.6. The number of phenols is 1. The molecule has 1 saturated carbocycles. The first-order valence-electron chi connectivity index (χ1n) is 13.6. The minimum absolute atomic E-state index is 0.0280. The molecule has 39 heavy (non-hydrogen) atoms. The van der Waals surface area contributed by atoms with Gasteiger partial charge in [0, 0.05) is 24.2 Å². The molecule has 1 fully saturated rings. The lowest BCUT2D eigenvalue weighted by Crippen LogP contribution is -2.41. The molecule has 0 bridgehead atoms. The number of nitrogens with zero attached hydrogens (tertiary/aromatic N) is 2. The van der Waals surface area contributed by atoms with E-state index in [1.165, 1.54) is 32.8 Å². The number of ether oxygens (including phenoxy) is 1. The number of fused-ring (bicyclic) bond motifs is 1. The Morgan fingerprint density at radius 1 is 1.10 bits per heavy atom. The highest BCUT2D eigenvalue weighted by Crippen LogP contribution is 2.43. The van der Waals surface area contributed by atoms with Gasteiger partial charge in [-0.2, -0.15) is 0 Å². The van der Waals surface area contributed by atoms with Crippen molar-refractivity contribution in [2.75, 3.05) is 18.6 Å². The molecule has 5 rings (SSSR count). The second-order valence-electron chi connectivity index (χ2n) is 10.7. The molecule has 3 aromatic carbocycles. The number of anilines is 1. The van der Waals surface area contributed by atoms with Gasteiger partial charge in [-0.25, -0.2) is 0 Å². The topological polar surface area (TPSA) is 70.1 Å². The van der Waals surface area contributed by atoms with Crippen LogP contribution in [-0.4, -0.2) is 35.5 Å². The fourth-order valence-electron chi connectivity index (χ4n) is 6.12. The van der Waals surface area contributed by atoms with Crippen LogP contribution in [-0.2, 0) is 16.0 Å². The van der Waals surface area contributed by atoms with Gasteiger partial charge in [-0.3, -0.25) is 9.59 Å². The molecule has 0 radical (unpaired) electrons. The molecule has 1 aliphatic heterocycles. The van der Waals surface area contributed by atoms with Crippen molar-refractivity contribution in [1.29, 1.82) is 0 Å². The number of halogens is 1. The van der Waals surface area contributed by atoms with Crippen LogP contribution < -0.4 is 9.64 Å². The van der Waals surface area contributed by atoms with Crippen molar-refractivity contribution in [2.45, 2.75) is 58.0 Å². The van der Waals surface area contributed by atoms with Crippen LogP contribution in [0.1, 0.15) is 73.9 Å². The number of phenolic OH excluding ortho intramolecular Hbond substituents is 1. The Morgan fingerprint density at radius 2 is 1.77 bits per heavy atom. The molecule has 1 heterocycles. The van der Waals surface area contributed by atoms with E-state index in [1.54, 1.807) is 24.0 Å². The van der Waals surface area contributed by atoms with Crippen molar-refractivity contribution < 1.29 is 19.4 Å². The molecule has 2 aliphatic rings. The molecule has 0 saturated heterocycles. The summed E-state index contributed by atoms with van der Waals surface area (Å²) in [6.07, 6.45) is 5.04. The van der Waals surface area contributed by atoms with Gasteiger partial charge >= 0.3 is 0 Å². The van der Waals surface area contributed by atoms with Crippen LogP contribution in [0.2, 0.25) is 5.02 Å². The zero-order valence-electron chi connectivity index (χ0n) is 22.7. The average Bonchev–Trinajstić information content (AvgIpc) is 3.45. The summed E-state index contributed by atoms with van der Waals surface area (Å²) in [5.41, 5.74) is 4.33. The van der Waals surface area contributed by atoms with E-state index >= 15 is 0 Å². The van der Waals surface area contributed by atoms with Crippen LogP contribution in [0.25, 0.3) is 0 Å². The average molecular weight is 547 g/mol. The maximum atomic E-state index is 13.6. The van der Waals surface area contributed by atoms with E-state index in [-0.39, 0.29) is 30.0 Å². The number of hydrogen-bond donors (Lipinski definition) is 1. The van der Waals surface area contributed by atoms with Gasteiger partial charge in [0.25, 0.3) is 0 Å². The lowest BCUT2D eigenvalue weighted by molar-refractivity contribution is -0.131. The van der Waals surface area contributed by atoms with Gasteiger partial charge in [0.1, 0.15) is 0 Å². The summed E-state index contributed by atoms with van der Waals surface area (Å²) in [5.74, 6) is 0.967. The van der Waals surface area contributed by atoms with Crippen molar-refractivity contribution in [2.24, 2.45) is 5.92 Å². The molecule has 2 amide bonds. The summed E-state index contributed by atoms with van der Waals surface area (Å²) in [6, 6.07) is 18.3. The van der Waals surface area contributed by atoms with Crippen LogP contribution >= 0.6 is 11.6 Å². The second kappa shape index (κ2) is 11.3. The molecule has 7 heteroatoms. The third-order valence-corrected chi connectivity index (χ3v) is 8.50. The van der Waals surface area contributed by atoms with E-state index < -0.39 is 6.04 Å². The number of amides is 2. The molecular weight excluding hydrogens is 512 g/mol. The Kier molecular flexibility index (Phi) is 7.85. The van der Waals surface area contributed by atoms with Crippen molar-refractivity contribution >= 4 is 29.1 Å². The highest BCUT2D eigenvalue weighted by Gasteiger charge is 2.36. The maximum Gasteiger partial charge on any atom is 0.232 e. The third kappa shape index (κ3) is 5.48. The van der Waals surface area contributed by atoms with Crippen LogP contribution in [0.5, 0.6) is 11.5 Å². The number of benzene rings is 3. The van der Waals surface area contributed by atoms with Gasteiger partial charge in [-0.05, 0) is 84.3 Å². The number of carbonyl (C=O) groups excluding carboxylic acids is 2. The molecule has 0 aromatic heterocycles. The predicted octanol–water partition coefficient (Wildman–Crippen LogP) is 6.83. The molecule has 1 aliphatic carbocycles. The first kappa shape index (κ1) is 27.1. The van der Waals surface area contributed by atoms with E-state index in [2.05, 4.69) is 6.92 Å². The van der Waals surface area contributed by atoms with Gasteiger partial charge in [0.05, 0.1) is 25.6 Å². The molecular formula is C32H35ClN2O4. The summed E-state index contributed by atoms with van der Waals surface area (Å²) >= 11 is 6.18. The molecule has 2 atom stereocenters. The zero-order valence-corrected chi connectivity index (χ0v) is 23.4. The van der Waals surface area contributed by atoms with E-state index in [0.29, 0.717) is 16.7 Å². The normalized spacial score (nSPS) is 18.1. The van der Waals surface area contributed by atoms with Crippen LogP contribution in [0.3, 0.4) is 0 Å². The molecule has 6 nitrogen and oxygen atoms in total. The van der Waals surface area contributed by atoms with Crippen molar-refractivity contribution in [3.05, 3.63) is 87.9 Å². The summed E-state index contributed by atoms with van der Waals surface area (Å²) in [4.78, 5) is 30.0. The third-order valence-electron chi connectivity index (χ3n) is 8.24. The van der Waals surface area contributed by atoms with Crippen molar-refractivity contribution in [3.8, 4) is 11.5 Å². The standard InChI is InChI=1S/C32H35ClN2O4/c1-20(34(21(2)36)19-22-6-4-5-7-22)23-10-14-27(15-11-23)35-31(38)17-25-16-30(39-3)29(37)18-28(25)32(35)24-8-12-26(33)13-9-24/h8-16,18,20,22,32,37H,4-7,17,19H2,1-3H3.